The molecule has 2 aliphatic rings. The van der Waals surface area contributed by atoms with Crippen molar-refractivity contribution in [1.82, 2.24) is 29.9 Å². The van der Waals surface area contributed by atoms with Crippen LogP contribution < -0.4 is 0 Å². The molecule has 7 nitrogen and oxygen atoms in total. The van der Waals surface area contributed by atoms with E-state index in [0.717, 1.165) is 83.0 Å². The number of para-hydroxylation sites is 1. The lowest BCUT2D eigenvalue weighted by molar-refractivity contribution is 0.661. The third-order valence-electron chi connectivity index (χ3n) is 28.3. The number of benzene rings is 18. The van der Waals surface area contributed by atoms with Crippen LogP contribution in [0.25, 0.3) is 241 Å². The predicted molar refractivity (Wildman–Crippen MR) is 555 cm³/mol. The van der Waals surface area contributed by atoms with Crippen molar-refractivity contribution in [3.63, 3.8) is 0 Å². The van der Waals surface area contributed by atoms with E-state index in [9.17, 15) is 0 Å². The lowest BCUT2D eigenvalue weighted by atomic mass is 9.78. The second-order valence-electron chi connectivity index (χ2n) is 36.4. The van der Waals surface area contributed by atoms with Gasteiger partial charge in [-0.05, 0) is 388 Å². The Morgan fingerprint density at radius 2 is 0.429 bits per heavy atom. The van der Waals surface area contributed by atoms with Gasteiger partial charge in [-0.1, -0.05) is 234 Å². The molecule has 7 heteroatoms. The average molecular weight is 1700 g/mol. The lowest BCUT2D eigenvalue weighted by Gasteiger charge is -2.25. The number of hydrogen-bond acceptors (Lipinski definition) is 7. The summed E-state index contributed by atoms with van der Waals surface area (Å²) in [5.41, 5.74) is 33.3. The molecule has 7 aromatic heterocycles. The summed E-state index contributed by atoms with van der Waals surface area (Å²) in [6.45, 7) is 9.54. The zero-order valence-electron chi connectivity index (χ0n) is 73.7. The highest BCUT2D eigenvalue weighted by Gasteiger charge is 2.39. The molecule has 0 saturated carbocycles. The normalized spacial score (nSPS) is 12.8. The molecule has 0 saturated heterocycles. The Kier molecular flexibility index (Phi) is 18.5. The largest absolute Gasteiger partial charge is 0.455 e. The van der Waals surface area contributed by atoms with Gasteiger partial charge in [0.25, 0.3) is 0 Å². The zero-order valence-corrected chi connectivity index (χ0v) is 73.7. The smallest absolute Gasteiger partial charge is 0.143 e. The van der Waals surface area contributed by atoms with Gasteiger partial charge in [0.2, 0.25) is 0 Å². The van der Waals surface area contributed by atoms with Crippen molar-refractivity contribution >= 4 is 119 Å². The van der Waals surface area contributed by atoms with Gasteiger partial charge >= 0.3 is 0 Å². The molecule has 0 unspecified atom stereocenters. The summed E-state index contributed by atoms with van der Waals surface area (Å²) in [5.74, 6) is 0. The predicted octanol–water partition coefficient (Wildman–Crippen LogP) is 33.3. The summed E-state index contributed by atoms with van der Waals surface area (Å²) in [6.07, 6.45) is 22.2. The molecule has 7 heterocycles. The first kappa shape index (κ1) is 78.3. The van der Waals surface area contributed by atoms with E-state index in [2.05, 4.69) is 422 Å². The second-order valence-corrected chi connectivity index (χ2v) is 36.4. The zero-order chi connectivity index (χ0) is 88.6. The third kappa shape index (κ3) is 13.1. The minimum atomic E-state index is -0.144. The van der Waals surface area contributed by atoms with E-state index in [4.69, 9.17) is 4.42 Å². The van der Waals surface area contributed by atoms with E-state index >= 15 is 0 Å². The number of fused-ring (bicyclic) bond motifs is 29. The van der Waals surface area contributed by atoms with Gasteiger partial charge in [-0.25, -0.2) is 0 Å². The Hall–Kier alpha value is -17.0. The fourth-order valence-electron chi connectivity index (χ4n) is 21.9. The van der Waals surface area contributed by atoms with Gasteiger partial charge < -0.3 is 4.42 Å². The highest BCUT2D eigenvalue weighted by atomic mass is 16.3. The van der Waals surface area contributed by atoms with Gasteiger partial charge in [0.05, 0.1) is 0 Å². The van der Waals surface area contributed by atoms with Crippen LogP contribution in [-0.2, 0) is 10.8 Å². The molecule has 0 fully saturated rings. The third-order valence-corrected chi connectivity index (χ3v) is 28.3. The minimum absolute atomic E-state index is 0.106. The number of nitrogens with zero attached hydrogens (tertiary/aromatic N) is 6. The molecule has 2 aliphatic carbocycles. The molecule has 0 amide bonds. The SMILES string of the molecule is CC1(C)c2ccc(-c3cc(-c4ccncc4)cc(-c4ccncc4)c3)cc2-c2cc3c4ccccc4c4ccccc4c3cc21.CC1(C)c2ccc(-c3cc(-c4ccncc4)cc(-c4ccncc4)c3)cc2-c2ccc3c4ccccc4c4ccccc4c3c21.c1cc(-c2cc(-c3ccncc3)cc(-c3ccncc3)c2)c2oc3c(ccc4c5ccccc5c5ccccc5c43)c2c1. The lowest BCUT2D eigenvalue weighted by Crippen LogP contribution is -2.15. The molecule has 0 aliphatic heterocycles. The summed E-state index contributed by atoms with van der Waals surface area (Å²) >= 11 is 0. The van der Waals surface area contributed by atoms with Crippen LogP contribution in [0.4, 0.5) is 0 Å². The van der Waals surface area contributed by atoms with Crippen molar-refractivity contribution in [3.05, 3.63) is 461 Å². The number of hydrogen-bond donors (Lipinski definition) is 0. The van der Waals surface area contributed by atoms with E-state index in [1.54, 1.807) is 0 Å². The van der Waals surface area contributed by atoms with Gasteiger partial charge in [-0.2, -0.15) is 0 Å². The fraction of sp³-hybridized carbons (Fsp3) is 0.0476. The summed E-state index contributed by atoms with van der Waals surface area (Å²) in [7, 11) is 0. The Morgan fingerprint density at radius 3 is 0.820 bits per heavy atom. The molecule has 25 aromatic rings. The Morgan fingerprint density at radius 1 is 0.158 bits per heavy atom. The summed E-state index contributed by atoms with van der Waals surface area (Å²) in [4.78, 5) is 25.5. The van der Waals surface area contributed by atoms with Crippen LogP contribution in [0, 0.1) is 0 Å². The van der Waals surface area contributed by atoms with Crippen molar-refractivity contribution in [2.75, 3.05) is 0 Å². The van der Waals surface area contributed by atoms with Gasteiger partial charge in [0.1, 0.15) is 11.2 Å². The fourth-order valence-corrected chi connectivity index (χ4v) is 21.9. The minimum Gasteiger partial charge on any atom is -0.455 e. The highest BCUT2D eigenvalue weighted by Crippen LogP contribution is 2.57. The molecule has 0 bridgehead atoms. The van der Waals surface area contributed by atoms with E-state index in [1.807, 2.05) is 74.4 Å². The maximum atomic E-state index is 6.98. The van der Waals surface area contributed by atoms with Gasteiger partial charge in [-0.15, -0.1) is 0 Å². The first-order chi connectivity index (χ1) is 65.5. The topological polar surface area (TPSA) is 90.5 Å². The first-order valence-electron chi connectivity index (χ1n) is 45.6. The Labute approximate surface area is 769 Å². The molecule has 624 valence electrons. The maximum absolute atomic E-state index is 6.98. The number of rotatable bonds is 9. The second kappa shape index (κ2) is 31.4. The van der Waals surface area contributed by atoms with Gasteiger partial charge in [0.15, 0.2) is 0 Å². The van der Waals surface area contributed by atoms with Crippen LogP contribution in [0.2, 0.25) is 0 Å². The Bertz CT molecular complexity index is 8620. The van der Waals surface area contributed by atoms with Crippen LogP contribution in [-0.4, -0.2) is 29.9 Å². The summed E-state index contributed by atoms with van der Waals surface area (Å²) in [6, 6.07) is 133. The average Bonchev–Trinajstić information content (AvgIpc) is 1.60. The molecule has 0 spiro atoms. The van der Waals surface area contributed by atoms with Gasteiger partial charge in [-0.3, -0.25) is 29.9 Å². The molecule has 133 heavy (non-hydrogen) atoms. The van der Waals surface area contributed by atoms with Crippen LogP contribution in [0.1, 0.15) is 49.9 Å². The van der Waals surface area contributed by atoms with Crippen molar-refractivity contribution in [1.29, 1.82) is 0 Å². The quantitative estimate of drug-likeness (QED) is 0.133. The molecule has 18 aromatic carbocycles. The standard InChI is InChI=1S/2C43H30N2.C40H24N2O/c1-43(2)41-12-11-29(32-22-30(27-13-17-44-18-14-27)21-31(23-32)28-15-19-45-20-16-28)24-39(41)40-25-37-35-9-5-3-7-33(35)34-8-4-6-10-36(34)38(37)26-42(40)43;1-43(2)40-14-11-29(32-24-30(27-15-19-44-20-16-27)23-31(25-32)28-17-21-45-22-18-28)26-39(40)38-13-12-37-35-9-4-3-7-33(35)34-8-5-6-10-36(34)41(37)42(38)43;1-2-8-33-31(6-1)32-7-3-4-9-34(32)38-35(33)12-13-37-36-11-5-10-30(39(36)43-40(37)38)29-23-27(25-14-18-41-19-15-25)22-28(24-29)26-16-20-42-21-17-26/h2*3-26H,1-2H3;1-24H. The number of pyridine rings is 6. The highest BCUT2D eigenvalue weighted by molar-refractivity contribution is 6.33. The van der Waals surface area contributed by atoms with E-state index < -0.39 is 0 Å². The summed E-state index contributed by atoms with van der Waals surface area (Å²) < 4.78 is 6.98. The molecule has 0 radical (unpaired) electrons. The van der Waals surface area contributed by atoms with E-state index in [-0.39, 0.29) is 10.8 Å². The van der Waals surface area contributed by atoms with Crippen molar-refractivity contribution < 1.29 is 4.42 Å². The van der Waals surface area contributed by atoms with Crippen LogP contribution in [0.5, 0.6) is 0 Å². The van der Waals surface area contributed by atoms with E-state index in [0.29, 0.717) is 0 Å². The summed E-state index contributed by atoms with van der Waals surface area (Å²) in [5, 5.41) is 25.5. The van der Waals surface area contributed by atoms with Crippen LogP contribution >= 0.6 is 0 Å². The number of furan rings is 1. The van der Waals surface area contributed by atoms with E-state index in [1.165, 1.54) is 181 Å². The molecule has 0 atom stereocenters. The van der Waals surface area contributed by atoms with Crippen LogP contribution in [0.3, 0.4) is 0 Å². The van der Waals surface area contributed by atoms with Crippen LogP contribution in [0.15, 0.2) is 443 Å². The van der Waals surface area contributed by atoms with Crippen molar-refractivity contribution in [3.8, 4) is 122 Å². The maximum Gasteiger partial charge on any atom is 0.143 e. The Balaban J connectivity index is 0.000000107. The molecule has 0 N–H and O–H groups in total. The number of aromatic nitrogens is 6. The van der Waals surface area contributed by atoms with Gasteiger partial charge in [0, 0.05) is 107 Å². The molecular formula is C126H84N6O. The van der Waals surface area contributed by atoms with Crippen molar-refractivity contribution in [2.45, 2.75) is 38.5 Å². The van der Waals surface area contributed by atoms with Crippen molar-refractivity contribution in [2.24, 2.45) is 0 Å². The monoisotopic (exact) mass is 1700 g/mol. The molecular weight excluding hydrogens is 1610 g/mol. The first-order valence-corrected chi connectivity index (χ1v) is 45.6. The molecule has 27 rings (SSSR count).